The fourth-order valence-electron chi connectivity index (χ4n) is 4.05. The molecule has 1 saturated carbocycles. The molecule has 21 heavy (non-hydrogen) atoms. The Labute approximate surface area is 127 Å². The van der Waals surface area contributed by atoms with Gasteiger partial charge in [-0.05, 0) is 31.7 Å². The van der Waals surface area contributed by atoms with E-state index in [0.717, 1.165) is 38.6 Å². The number of hydrogen-bond acceptors (Lipinski definition) is 2. The first-order chi connectivity index (χ1) is 10.1. The van der Waals surface area contributed by atoms with Crippen molar-refractivity contribution in [3.05, 3.63) is 35.9 Å². The van der Waals surface area contributed by atoms with Gasteiger partial charge in [-0.3, -0.25) is 4.79 Å². The normalized spacial score (nSPS) is 28.6. The Balaban J connectivity index is 1.74. The lowest BCUT2D eigenvalue weighted by atomic mass is 9.81. The van der Waals surface area contributed by atoms with Crippen LogP contribution >= 0.6 is 0 Å². The van der Waals surface area contributed by atoms with Crippen molar-refractivity contribution in [1.29, 1.82) is 0 Å². The van der Waals surface area contributed by atoms with E-state index in [9.17, 15) is 4.79 Å². The second-order valence-corrected chi connectivity index (χ2v) is 6.76. The van der Waals surface area contributed by atoms with E-state index < -0.39 is 5.54 Å². The van der Waals surface area contributed by atoms with Crippen LogP contribution in [-0.4, -0.2) is 28.9 Å². The minimum absolute atomic E-state index is 0.188. The predicted octanol–water partition coefficient (Wildman–Crippen LogP) is 3.05. The molecular formula is C18H26N2O. The summed E-state index contributed by atoms with van der Waals surface area (Å²) in [6.07, 6.45) is 6.15. The number of carbonyl (C=O) groups is 1. The van der Waals surface area contributed by atoms with Gasteiger partial charge in [-0.15, -0.1) is 0 Å². The number of nitrogens with two attached hydrogens (primary N) is 1. The molecule has 2 aliphatic rings. The topological polar surface area (TPSA) is 46.3 Å². The van der Waals surface area contributed by atoms with Crippen LogP contribution in [0.4, 0.5) is 0 Å². The molecule has 1 saturated heterocycles. The molecule has 1 heterocycles. The third kappa shape index (κ3) is 2.71. The van der Waals surface area contributed by atoms with Crippen LogP contribution in [0.5, 0.6) is 0 Å². The van der Waals surface area contributed by atoms with Crippen molar-refractivity contribution in [1.82, 2.24) is 4.90 Å². The Morgan fingerprint density at radius 1 is 1.19 bits per heavy atom. The van der Waals surface area contributed by atoms with Crippen LogP contribution < -0.4 is 5.73 Å². The van der Waals surface area contributed by atoms with E-state index in [0.29, 0.717) is 5.92 Å². The highest BCUT2D eigenvalue weighted by atomic mass is 16.2. The smallest absolute Gasteiger partial charge is 0.242 e. The summed E-state index contributed by atoms with van der Waals surface area (Å²) in [4.78, 5) is 15.0. The fourth-order valence-corrected chi connectivity index (χ4v) is 4.05. The van der Waals surface area contributed by atoms with Gasteiger partial charge in [0.25, 0.3) is 0 Å². The van der Waals surface area contributed by atoms with E-state index in [4.69, 9.17) is 5.73 Å². The summed E-state index contributed by atoms with van der Waals surface area (Å²) < 4.78 is 0. The molecule has 2 fully saturated rings. The molecule has 0 aromatic heterocycles. The van der Waals surface area contributed by atoms with Gasteiger partial charge >= 0.3 is 0 Å². The molecule has 2 atom stereocenters. The largest absolute Gasteiger partial charge is 0.338 e. The summed E-state index contributed by atoms with van der Waals surface area (Å²) in [5.74, 6) is 0.635. The van der Waals surface area contributed by atoms with Crippen LogP contribution in [0.2, 0.25) is 0 Å². The Kier molecular flexibility index (Phi) is 4.03. The van der Waals surface area contributed by atoms with Gasteiger partial charge in [0.2, 0.25) is 5.91 Å². The minimum Gasteiger partial charge on any atom is -0.338 e. The maximum absolute atomic E-state index is 12.9. The molecule has 0 bridgehead atoms. The van der Waals surface area contributed by atoms with Crippen LogP contribution in [0.15, 0.2) is 30.3 Å². The lowest BCUT2D eigenvalue weighted by Gasteiger charge is -2.37. The van der Waals surface area contributed by atoms with Gasteiger partial charge in [-0.25, -0.2) is 0 Å². The van der Waals surface area contributed by atoms with Gasteiger partial charge in [-0.2, -0.15) is 0 Å². The van der Waals surface area contributed by atoms with Crippen molar-refractivity contribution < 1.29 is 4.79 Å². The van der Waals surface area contributed by atoms with E-state index in [2.05, 4.69) is 31.2 Å². The van der Waals surface area contributed by atoms with E-state index in [-0.39, 0.29) is 11.9 Å². The molecule has 1 aliphatic heterocycles. The zero-order valence-electron chi connectivity index (χ0n) is 12.9. The number of carbonyl (C=O) groups excluding carboxylic acids is 1. The van der Waals surface area contributed by atoms with Crippen LogP contribution in [0.25, 0.3) is 0 Å². The first-order valence-electron chi connectivity index (χ1n) is 8.27. The first-order valence-corrected chi connectivity index (χ1v) is 8.27. The van der Waals surface area contributed by atoms with E-state index in [1.807, 2.05) is 11.0 Å². The number of likely N-dealkylation sites (tertiary alicyclic amines) is 1. The van der Waals surface area contributed by atoms with Crippen molar-refractivity contribution in [3.8, 4) is 0 Å². The van der Waals surface area contributed by atoms with E-state index in [1.54, 1.807) is 0 Å². The molecule has 3 heteroatoms. The molecule has 2 unspecified atom stereocenters. The molecule has 2 N–H and O–H groups in total. The van der Waals surface area contributed by atoms with Crippen LogP contribution in [0, 0.1) is 0 Å². The molecule has 1 amide bonds. The summed E-state index contributed by atoms with van der Waals surface area (Å²) in [5, 5.41) is 0. The molecule has 0 spiro atoms. The highest BCUT2D eigenvalue weighted by Crippen LogP contribution is 2.36. The van der Waals surface area contributed by atoms with Gasteiger partial charge in [0.05, 0.1) is 5.54 Å². The van der Waals surface area contributed by atoms with Crippen molar-refractivity contribution in [2.24, 2.45) is 5.73 Å². The second kappa shape index (κ2) is 5.80. The number of amides is 1. The molecule has 114 valence electrons. The van der Waals surface area contributed by atoms with Gasteiger partial charge in [0.1, 0.15) is 0 Å². The molecule has 1 aromatic carbocycles. The number of hydrogen-bond donors (Lipinski definition) is 1. The van der Waals surface area contributed by atoms with Crippen molar-refractivity contribution >= 4 is 5.91 Å². The van der Waals surface area contributed by atoms with Crippen molar-refractivity contribution in [2.45, 2.75) is 62.9 Å². The molecule has 1 aromatic rings. The number of nitrogens with zero attached hydrogens (tertiary/aromatic N) is 1. The SMILES string of the molecule is CC1C(c2ccccc2)CCN1C(=O)C1(N)CCCCC1. The summed E-state index contributed by atoms with van der Waals surface area (Å²) in [6.45, 7) is 3.02. The standard InChI is InChI=1S/C18H26N2O/c1-14-16(15-8-4-2-5-9-15)10-13-20(14)17(21)18(19)11-6-3-7-12-18/h2,4-5,8-9,14,16H,3,6-7,10-13,19H2,1H3. The highest BCUT2D eigenvalue weighted by Gasteiger charge is 2.43. The Morgan fingerprint density at radius 3 is 2.52 bits per heavy atom. The lowest BCUT2D eigenvalue weighted by molar-refractivity contribution is -0.138. The average Bonchev–Trinajstić information content (AvgIpc) is 2.89. The van der Waals surface area contributed by atoms with Crippen molar-refractivity contribution in [3.63, 3.8) is 0 Å². The number of benzene rings is 1. The van der Waals surface area contributed by atoms with E-state index >= 15 is 0 Å². The average molecular weight is 286 g/mol. The van der Waals surface area contributed by atoms with Gasteiger partial charge in [-0.1, -0.05) is 49.6 Å². The number of rotatable bonds is 2. The summed E-state index contributed by atoms with van der Waals surface area (Å²) in [5.41, 5.74) is 7.18. The van der Waals surface area contributed by atoms with Crippen molar-refractivity contribution in [2.75, 3.05) is 6.54 Å². The summed E-state index contributed by atoms with van der Waals surface area (Å²) in [6, 6.07) is 10.8. The highest BCUT2D eigenvalue weighted by molar-refractivity contribution is 5.87. The molecule has 3 nitrogen and oxygen atoms in total. The van der Waals surface area contributed by atoms with Gasteiger partial charge < -0.3 is 10.6 Å². The van der Waals surface area contributed by atoms with E-state index in [1.165, 1.54) is 12.0 Å². The summed E-state index contributed by atoms with van der Waals surface area (Å²) >= 11 is 0. The first kappa shape index (κ1) is 14.6. The second-order valence-electron chi connectivity index (χ2n) is 6.76. The zero-order chi connectivity index (χ0) is 14.9. The Bertz CT molecular complexity index is 493. The maximum Gasteiger partial charge on any atom is 0.242 e. The van der Waals surface area contributed by atoms with Crippen LogP contribution in [-0.2, 0) is 4.79 Å². The van der Waals surface area contributed by atoms with Gasteiger partial charge in [0, 0.05) is 18.5 Å². The monoisotopic (exact) mass is 286 g/mol. The third-order valence-corrected chi connectivity index (χ3v) is 5.42. The third-order valence-electron chi connectivity index (χ3n) is 5.42. The zero-order valence-corrected chi connectivity index (χ0v) is 12.9. The molecule has 3 rings (SSSR count). The predicted molar refractivity (Wildman–Crippen MR) is 85.0 cm³/mol. The maximum atomic E-state index is 12.9. The quantitative estimate of drug-likeness (QED) is 0.908. The van der Waals surface area contributed by atoms with Gasteiger partial charge in [0.15, 0.2) is 0 Å². The molecular weight excluding hydrogens is 260 g/mol. The Morgan fingerprint density at radius 2 is 1.86 bits per heavy atom. The molecule has 1 aliphatic carbocycles. The Hall–Kier alpha value is -1.35. The molecule has 0 radical (unpaired) electrons. The fraction of sp³-hybridized carbons (Fsp3) is 0.611. The van der Waals surface area contributed by atoms with Crippen LogP contribution in [0.3, 0.4) is 0 Å². The minimum atomic E-state index is -0.599. The summed E-state index contributed by atoms with van der Waals surface area (Å²) in [7, 11) is 0. The van der Waals surface area contributed by atoms with Crippen LogP contribution in [0.1, 0.15) is 56.9 Å². The lowest BCUT2D eigenvalue weighted by Crippen LogP contribution is -2.57.